The lowest BCUT2D eigenvalue weighted by Crippen LogP contribution is -2.44. The van der Waals surface area contributed by atoms with Gasteiger partial charge < -0.3 is 10.0 Å². The van der Waals surface area contributed by atoms with Crippen molar-refractivity contribution < 1.29 is 19.1 Å². The van der Waals surface area contributed by atoms with Gasteiger partial charge in [-0.1, -0.05) is 11.6 Å². The first-order valence-corrected chi connectivity index (χ1v) is 7.34. The first-order chi connectivity index (χ1) is 9.99. The molecule has 0 spiro atoms. The fourth-order valence-electron chi connectivity index (χ4n) is 2.67. The molecule has 1 saturated heterocycles. The van der Waals surface area contributed by atoms with Crippen molar-refractivity contribution in [1.82, 2.24) is 4.90 Å². The second-order valence-corrected chi connectivity index (χ2v) is 5.64. The number of aliphatic carboxylic acids is 1. The molecule has 1 fully saturated rings. The largest absolute Gasteiger partial charge is 0.481 e. The van der Waals surface area contributed by atoms with Crippen LogP contribution < -0.4 is 0 Å². The number of likely N-dealkylation sites (tertiary alicyclic amines) is 1. The van der Waals surface area contributed by atoms with E-state index in [1.165, 1.54) is 18.2 Å². The van der Waals surface area contributed by atoms with Crippen LogP contribution in [0.3, 0.4) is 0 Å². The van der Waals surface area contributed by atoms with Crippen LogP contribution in [0.15, 0.2) is 18.2 Å². The van der Waals surface area contributed by atoms with Gasteiger partial charge in [-0.25, -0.2) is 4.39 Å². The van der Waals surface area contributed by atoms with Crippen molar-refractivity contribution in [3.8, 4) is 0 Å². The Kier molecular flexibility index (Phi) is 5.17. The van der Waals surface area contributed by atoms with Crippen LogP contribution in [0.1, 0.15) is 42.5 Å². The van der Waals surface area contributed by atoms with Crippen LogP contribution in [0.4, 0.5) is 4.39 Å². The molecule has 1 amide bonds. The van der Waals surface area contributed by atoms with Crippen molar-refractivity contribution in [2.75, 3.05) is 6.54 Å². The van der Waals surface area contributed by atoms with Crippen LogP contribution in [0.5, 0.6) is 0 Å². The van der Waals surface area contributed by atoms with E-state index in [9.17, 15) is 14.0 Å². The second kappa shape index (κ2) is 6.89. The smallest absolute Gasteiger partial charge is 0.303 e. The number of carbonyl (C=O) groups excluding carboxylic acids is 1. The highest BCUT2D eigenvalue weighted by Crippen LogP contribution is 2.25. The third kappa shape index (κ3) is 3.94. The topological polar surface area (TPSA) is 57.6 Å². The molecule has 1 aromatic carbocycles. The van der Waals surface area contributed by atoms with Gasteiger partial charge in [0.2, 0.25) is 0 Å². The average Bonchev–Trinajstić information content (AvgIpc) is 2.47. The Morgan fingerprint density at radius 1 is 1.38 bits per heavy atom. The lowest BCUT2D eigenvalue weighted by molar-refractivity contribution is -0.137. The van der Waals surface area contributed by atoms with Crippen LogP contribution in [0, 0.1) is 5.82 Å². The maximum absolute atomic E-state index is 13.8. The molecule has 0 radical (unpaired) electrons. The molecule has 2 rings (SSSR count). The van der Waals surface area contributed by atoms with E-state index in [0.29, 0.717) is 18.0 Å². The zero-order valence-electron chi connectivity index (χ0n) is 11.5. The third-order valence-corrected chi connectivity index (χ3v) is 3.97. The van der Waals surface area contributed by atoms with E-state index in [0.717, 1.165) is 19.3 Å². The summed E-state index contributed by atoms with van der Waals surface area (Å²) in [6, 6.07) is 3.74. The SMILES string of the molecule is O=C(O)CCC1CCCCN1C(=O)c1cc(Cl)ccc1F. The first-order valence-electron chi connectivity index (χ1n) is 6.97. The zero-order valence-corrected chi connectivity index (χ0v) is 12.3. The number of halogens is 2. The van der Waals surface area contributed by atoms with Crippen molar-refractivity contribution in [2.45, 2.75) is 38.1 Å². The minimum absolute atomic E-state index is 0.00642. The first kappa shape index (κ1) is 15.8. The molecule has 114 valence electrons. The predicted octanol–water partition coefficient (Wildman–Crippen LogP) is 3.34. The van der Waals surface area contributed by atoms with Crippen LogP contribution in [-0.2, 0) is 4.79 Å². The summed E-state index contributed by atoms with van der Waals surface area (Å²) in [5.74, 6) is -1.90. The minimum Gasteiger partial charge on any atom is -0.481 e. The molecule has 1 aromatic rings. The van der Waals surface area contributed by atoms with Crippen molar-refractivity contribution >= 4 is 23.5 Å². The molecule has 4 nitrogen and oxygen atoms in total. The number of benzene rings is 1. The average molecular weight is 314 g/mol. The van der Waals surface area contributed by atoms with Crippen LogP contribution in [0.2, 0.25) is 5.02 Å². The Hall–Kier alpha value is -1.62. The number of piperidine rings is 1. The highest BCUT2D eigenvalue weighted by molar-refractivity contribution is 6.31. The van der Waals surface area contributed by atoms with Gasteiger partial charge in [-0.2, -0.15) is 0 Å². The van der Waals surface area contributed by atoms with E-state index < -0.39 is 17.7 Å². The van der Waals surface area contributed by atoms with Crippen LogP contribution in [0.25, 0.3) is 0 Å². The van der Waals surface area contributed by atoms with E-state index in [1.807, 2.05) is 0 Å². The molecular formula is C15H17ClFNO3. The predicted molar refractivity (Wildman–Crippen MR) is 77.0 cm³/mol. The lowest BCUT2D eigenvalue weighted by Gasteiger charge is -2.35. The number of hydrogen-bond acceptors (Lipinski definition) is 2. The van der Waals surface area contributed by atoms with Gasteiger partial charge in [0.05, 0.1) is 5.56 Å². The molecule has 1 N–H and O–H groups in total. The second-order valence-electron chi connectivity index (χ2n) is 5.20. The van der Waals surface area contributed by atoms with Crippen molar-refractivity contribution in [2.24, 2.45) is 0 Å². The van der Waals surface area contributed by atoms with E-state index >= 15 is 0 Å². The Balaban J connectivity index is 2.18. The Morgan fingerprint density at radius 3 is 2.86 bits per heavy atom. The van der Waals surface area contributed by atoms with Crippen molar-refractivity contribution in [3.05, 3.63) is 34.6 Å². The van der Waals surface area contributed by atoms with Crippen molar-refractivity contribution in [1.29, 1.82) is 0 Å². The number of carbonyl (C=O) groups is 2. The summed E-state index contributed by atoms with van der Waals surface area (Å²) >= 11 is 5.82. The van der Waals surface area contributed by atoms with Gasteiger partial charge in [-0.3, -0.25) is 9.59 Å². The molecule has 0 aromatic heterocycles. The number of rotatable bonds is 4. The maximum atomic E-state index is 13.8. The third-order valence-electron chi connectivity index (χ3n) is 3.74. The lowest BCUT2D eigenvalue weighted by atomic mass is 9.97. The van der Waals surface area contributed by atoms with E-state index in [-0.39, 0.29) is 18.0 Å². The minimum atomic E-state index is -0.887. The normalized spacial score (nSPS) is 18.6. The van der Waals surface area contributed by atoms with Gasteiger partial charge >= 0.3 is 5.97 Å². The number of carboxylic acid groups (broad SMARTS) is 1. The number of hydrogen-bond donors (Lipinski definition) is 1. The van der Waals surface area contributed by atoms with Gasteiger partial charge in [0.15, 0.2) is 0 Å². The molecule has 0 aliphatic carbocycles. The standard InChI is InChI=1S/C15H17ClFNO3/c16-10-4-6-13(17)12(9-10)15(21)18-8-2-1-3-11(18)5-7-14(19)20/h4,6,9,11H,1-3,5,7-8H2,(H,19,20). The summed E-state index contributed by atoms with van der Waals surface area (Å²) in [7, 11) is 0. The molecule has 21 heavy (non-hydrogen) atoms. The van der Waals surface area contributed by atoms with Crippen LogP contribution >= 0.6 is 11.6 Å². The molecule has 1 aliphatic heterocycles. The molecular weight excluding hydrogens is 297 g/mol. The van der Waals surface area contributed by atoms with E-state index in [1.54, 1.807) is 4.90 Å². The molecule has 1 heterocycles. The molecule has 0 bridgehead atoms. The summed E-state index contributed by atoms with van der Waals surface area (Å²) < 4.78 is 13.8. The Labute approximate surface area is 127 Å². The van der Waals surface area contributed by atoms with Gasteiger partial charge in [0.25, 0.3) is 5.91 Å². The number of carboxylic acids is 1. The van der Waals surface area contributed by atoms with Gasteiger partial charge in [-0.15, -0.1) is 0 Å². The molecule has 1 unspecified atom stereocenters. The summed E-state index contributed by atoms with van der Waals surface area (Å²) in [4.78, 5) is 24.8. The van der Waals surface area contributed by atoms with Gasteiger partial charge in [0.1, 0.15) is 5.82 Å². The Bertz CT molecular complexity index is 550. The Morgan fingerprint density at radius 2 is 2.14 bits per heavy atom. The maximum Gasteiger partial charge on any atom is 0.303 e. The monoisotopic (exact) mass is 313 g/mol. The highest BCUT2D eigenvalue weighted by Gasteiger charge is 2.29. The number of nitrogens with zero attached hydrogens (tertiary/aromatic N) is 1. The molecule has 6 heteroatoms. The number of amides is 1. The van der Waals surface area contributed by atoms with Crippen LogP contribution in [-0.4, -0.2) is 34.5 Å². The summed E-state index contributed by atoms with van der Waals surface area (Å²) in [6.45, 7) is 0.523. The molecule has 1 atom stereocenters. The highest BCUT2D eigenvalue weighted by atomic mass is 35.5. The fourth-order valence-corrected chi connectivity index (χ4v) is 2.85. The van der Waals surface area contributed by atoms with Crippen molar-refractivity contribution in [3.63, 3.8) is 0 Å². The quantitative estimate of drug-likeness (QED) is 0.927. The zero-order chi connectivity index (χ0) is 15.4. The van der Waals surface area contributed by atoms with E-state index in [2.05, 4.69) is 0 Å². The molecule has 1 aliphatic rings. The molecule has 0 saturated carbocycles. The summed E-state index contributed by atoms with van der Waals surface area (Å²) in [6.07, 6.45) is 2.94. The van der Waals surface area contributed by atoms with Gasteiger partial charge in [-0.05, 0) is 43.9 Å². The summed E-state index contributed by atoms with van der Waals surface area (Å²) in [5.41, 5.74) is -0.0512. The fraction of sp³-hybridized carbons (Fsp3) is 0.467. The van der Waals surface area contributed by atoms with E-state index in [4.69, 9.17) is 16.7 Å². The summed E-state index contributed by atoms with van der Waals surface area (Å²) in [5, 5.41) is 9.09. The van der Waals surface area contributed by atoms with Gasteiger partial charge in [0, 0.05) is 24.0 Å².